The predicted molar refractivity (Wildman–Crippen MR) is 109 cm³/mol. The van der Waals surface area contributed by atoms with Gasteiger partial charge in [-0.15, -0.1) is 0 Å². The maximum atomic E-state index is 14.4. The van der Waals surface area contributed by atoms with Gasteiger partial charge < -0.3 is 14.5 Å². The number of ether oxygens (including phenoxy) is 1. The van der Waals surface area contributed by atoms with Crippen molar-refractivity contribution in [2.45, 2.75) is 19.5 Å². The van der Waals surface area contributed by atoms with E-state index in [-0.39, 0.29) is 23.5 Å². The zero-order chi connectivity index (χ0) is 20.5. The summed E-state index contributed by atoms with van der Waals surface area (Å²) in [4.78, 5) is 20.6. The van der Waals surface area contributed by atoms with Gasteiger partial charge in [-0.3, -0.25) is 14.5 Å². The fourth-order valence-corrected chi connectivity index (χ4v) is 3.92. The van der Waals surface area contributed by atoms with Crippen LogP contribution in [0.4, 0.5) is 10.1 Å². The number of anilines is 1. The van der Waals surface area contributed by atoms with Gasteiger partial charge in [0, 0.05) is 55.7 Å². The van der Waals surface area contributed by atoms with Gasteiger partial charge in [0.25, 0.3) is 0 Å². The molecule has 3 aromatic rings. The van der Waals surface area contributed by atoms with E-state index >= 15 is 0 Å². The second-order valence-corrected chi connectivity index (χ2v) is 7.49. The molecular formula is C20H21ClFN5O2. The highest BCUT2D eigenvalue weighted by molar-refractivity contribution is 6.32. The van der Waals surface area contributed by atoms with Gasteiger partial charge in [0.1, 0.15) is 18.1 Å². The zero-order valence-corrected chi connectivity index (χ0v) is 16.9. The van der Waals surface area contributed by atoms with Crippen LogP contribution in [0.25, 0.3) is 10.9 Å². The van der Waals surface area contributed by atoms with Gasteiger partial charge in [0.15, 0.2) is 0 Å². The van der Waals surface area contributed by atoms with Crippen LogP contribution < -0.4 is 9.64 Å². The molecule has 2 aromatic heterocycles. The van der Waals surface area contributed by atoms with Crippen LogP contribution in [0.5, 0.6) is 5.75 Å². The van der Waals surface area contributed by atoms with Crippen molar-refractivity contribution >= 4 is 34.1 Å². The Morgan fingerprint density at radius 2 is 2.21 bits per heavy atom. The molecule has 0 spiro atoms. The minimum Gasteiger partial charge on any atom is -0.495 e. The topological polar surface area (TPSA) is 63.5 Å². The van der Waals surface area contributed by atoms with Gasteiger partial charge in [0.05, 0.1) is 23.3 Å². The molecule has 152 valence electrons. The van der Waals surface area contributed by atoms with Crippen LogP contribution >= 0.6 is 11.6 Å². The lowest BCUT2D eigenvalue weighted by molar-refractivity contribution is -0.134. The van der Waals surface area contributed by atoms with Crippen molar-refractivity contribution < 1.29 is 13.9 Å². The molecule has 9 heteroatoms. The number of hydrogen-bond donors (Lipinski definition) is 0. The molecule has 1 aromatic carbocycles. The van der Waals surface area contributed by atoms with E-state index < -0.39 is 5.82 Å². The minimum absolute atomic E-state index is 0.0212. The summed E-state index contributed by atoms with van der Waals surface area (Å²) in [5.74, 6) is 0.00107. The van der Waals surface area contributed by atoms with Crippen molar-refractivity contribution in [2.24, 2.45) is 0 Å². The van der Waals surface area contributed by atoms with E-state index in [1.54, 1.807) is 23.1 Å². The van der Waals surface area contributed by atoms with Crippen LogP contribution in [0.15, 0.2) is 36.8 Å². The average molecular weight is 418 g/mol. The fraction of sp³-hybridized carbons (Fsp3) is 0.350. The molecule has 3 heterocycles. The first-order chi connectivity index (χ1) is 14.0. The molecule has 0 saturated carbocycles. The Morgan fingerprint density at radius 3 is 2.93 bits per heavy atom. The van der Waals surface area contributed by atoms with Crippen molar-refractivity contribution in [1.29, 1.82) is 0 Å². The number of amides is 1. The molecule has 7 nitrogen and oxygen atoms in total. The van der Waals surface area contributed by atoms with Crippen molar-refractivity contribution in [3.8, 4) is 5.75 Å². The molecule has 0 N–H and O–H groups in total. The summed E-state index contributed by atoms with van der Waals surface area (Å²) < 4.78 is 21.3. The SMILES string of the molecule is COc1cc(N2CCN(C(=O)Cn3cc4cnccc4n3)[C@@H](C)C2)c(F)cc1Cl. The second-order valence-electron chi connectivity index (χ2n) is 7.08. The number of aromatic nitrogens is 3. The summed E-state index contributed by atoms with van der Waals surface area (Å²) in [5, 5.41) is 5.54. The highest BCUT2D eigenvalue weighted by Crippen LogP contribution is 2.33. The van der Waals surface area contributed by atoms with Gasteiger partial charge >= 0.3 is 0 Å². The lowest BCUT2D eigenvalue weighted by Crippen LogP contribution is -2.55. The van der Waals surface area contributed by atoms with E-state index in [1.165, 1.54) is 13.2 Å². The van der Waals surface area contributed by atoms with Crippen LogP contribution in [-0.4, -0.2) is 58.4 Å². The predicted octanol–water partition coefficient (Wildman–Crippen LogP) is 2.97. The minimum atomic E-state index is -0.403. The highest BCUT2D eigenvalue weighted by Gasteiger charge is 2.29. The lowest BCUT2D eigenvalue weighted by atomic mass is 10.1. The summed E-state index contributed by atoms with van der Waals surface area (Å²) in [7, 11) is 1.50. The van der Waals surface area contributed by atoms with E-state index in [1.807, 2.05) is 29.0 Å². The molecule has 0 bridgehead atoms. The van der Waals surface area contributed by atoms with E-state index in [0.717, 1.165) is 10.9 Å². The highest BCUT2D eigenvalue weighted by atomic mass is 35.5. The van der Waals surface area contributed by atoms with Crippen molar-refractivity contribution in [2.75, 3.05) is 31.6 Å². The molecule has 0 aliphatic carbocycles. The molecule has 1 atom stereocenters. The van der Waals surface area contributed by atoms with Crippen LogP contribution in [-0.2, 0) is 11.3 Å². The number of pyridine rings is 1. The number of carbonyl (C=O) groups is 1. The Bertz CT molecular complexity index is 1020. The molecule has 0 radical (unpaired) electrons. The Balaban J connectivity index is 1.45. The zero-order valence-electron chi connectivity index (χ0n) is 16.2. The van der Waals surface area contributed by atoms with Gasteiger partial charge in [-0.05, 0) is 19.1 Å². The normalized spacial score (nSPS) is 17.0. The third-order valence-electron chi connectivity index (χ3n) is 5.16. The second kappa shape index (κ2) is 7.87. The van der Waals surface area contributed by atoms with Crippen LogP contribution in [0, 0.1) is 5.82 Å². The third-order valence-corrected chi connectivity index (χ3v) is 5.45. The van der Waals surface area contributed by atoms with E-state index in [9.17, 15) is 9.18 Å². The van der Waals surface area contributed by atoms with Crippen molar-refractivity contribution in [3.63, 3.8) is 0 Å². The Morgan fingerprint density at radius 1 is 1.38 bits per heavy atom. The van der Waals surface area contributed by atoms with Crippen LogP contribution in [0.2, 0.25) is 5.02 Å². The van der Waals surface area contributed by atoms with E-state index in [0.29, 0.717) is 31.1 Å². The maximum absolute atomic E-state index is 14.4. The summed E-state index contributed by atoms with van der Waals surface area (Å²) in [6, 6.07) is 4.59. The fourth-order valence-electron chi connectivity index (χ4n) is 3.69. The summed E-state index contributed by atoms with van der Waals surface area (Å²) in [5.41, 5.74) is 1.23. The largest absolute Gasteiger partial charge is 0.495 e. The Hall–Kier alpha value is -2.87. The molecular weight excluding hydrogens is 397 g/mol. The first-order valence-electron chi connectivity index (χ1n) is 9.31. The maximum Gasteiger partial charge on any atom is 0.244 e. The molecule has 1 fully saturated rings. The van der Waals surface area contributed by atoms with E-state index in [4.69, 9.17) is 16.3 Å². The number of halogens is 2. The quantitative estimate of drug-likeness (QED) is 0.653. The number of methoxy groups -OCH3 is 1. The molecule has 0 unspecified atom stereocenters. The van der Waals surface area contributed by atoms with Crippen molar-refractivity contribution in [3.05, 3.63) is 47.6 Å². The van der Waals surface area contributed by atoms with Crippen LogP contribution in [0.3, 0.4) is 0 Å². The first kappa shape index (κ1) is 19.4. The monoisotopic (exact) mass is 417 g/mol. The number of carbonyl (C=O) groups excluding carboxylic acids is 1. The Labute approximate surface area is 172 Å². The first-order valence-corrected chi connectivity index (χ1v) is 9.68. The van der Waals surface area contributed by atoms with Gasteiger partial charge in [-0.1, -0.05) is 11.6 Å². The number of rotatable bonds is 4. The lowest BCUT2D eigenvalue weighted by Gasteiger charge is -2.41. The number of benzene rings is 1. The van der Waals surface area contributed by atoms with Gasteiger partial charge in [-0.2, -0.15) is 5.10 Å². The average Bonchev–Trinajstić information content (AvgIpc) is 3.10. The molecule has 1 aliphatic heterocycles. The van der Waals surface area contributed by atoms with E-state index in [2.05, 4.69) is 10.1 Å². The van der Waals surface area contributed by atoms with Gasteiger partial charge in [0.2, 0.25) is 5.91 Å². The number of hydrogen-bond acceptors (Lipinski definition) is 5. The standard InChI is InChI=1S/C20H21ClFN5O2/c1-13-10-25(18-8-19(29-2)15(21)7-16(18)22)5-6-27(13)20(28)12-26-11-14-9-23-4-3-17(14)24-26/h3-4,7-9,11,13H,5-6,10,12H2,1-2H3/t13-/m0/s1. The molecule has 4 rings (SSSR count). The number of fused-ring (bicyclic) bond motifs is 1. The molecule has 1 saturated heterocycles. The smallest absolute Gasteiger partial charge is 0.244 e. The molecule has 1 amide bonds. The summed E-state index contributed by atoms with van der Waals surface area (Å²) in [6.45, 7) is 3.63. The number of piperazine rings is 1. The summed E-state index contributed by atoms with van der Waals surface area (Å²) in [6.07, 6.45) is 5.21. The number of nitrogens with zero attached hydrogens (tertiary/aromatic N) is 5. The van der Waals surface area contributed by atoms with Crippen molar-refractivity contribution in [1.82, 2.24) is 19.7 Å². The molecule has 29 heavy (non-hydrogen) atoms. The van der Waals surface area contributed by atoms with Gasteiger partial charge in [-0.25, -0.2) is 4.39 Å². The van der Waals surface area contributed by atoms with Crippen LogP contribution in [0.1, 0.15) is 6.92 Å². The Kier molecular flexibility index (Phi) is 5.27. The third kappa shape index (κ3) is 3.85. The summed E-state index contributed by atoms with van der Waals surface area (Å²) >= 11 is 5.99. The molecule has 1 aliphatic rings.